The van der Waals surface area contributed by atoms with Crippen molar-refractivity contribution in [3.05, 3.63) is 24.2 Å². The van der Waals surface area contributed by atoms with Crippen LogP contribution in [-0.2, 0) is 4.79 Å². The molecule has 2 N–H and O–H groups in total. The third-order valence-electron chi connectivity index (χ3n) is 3.52. The van der Waals surface area contributed by atoms with Crippen LogP contribution >= 0.6 is 0 Å². The third kappa shape index (κ3) is 3.84. The second kappa shape index (κ2) is 7.09. The molecule has 0 aliphatic heterocycles. The first-order chi connectivity index (χ1) is 9.48. The molecule has 0 bridgehead atoms. The maximum atomic E-state index is 12.0. The largest absolute Gasteiger partial charge is 0.459 e. The van der Waals surface area contributed by atoms with Gasteiger partial charge in [0.05, 0.1) is 25.0 Å². The lowest BCUT2D eigenvalue weighted by Gasteiger charge is -2.31. The van der Waals surface area contributed by atoms with Crippen LogP contribution in [0.15, 0.2) is 22.8 Å². The fraction of sp³-hybridized carbons (Fsp3) is 0.571. The zero-order chi connectivity index (χ0) is 15.2. The van der Waals surface area contributed by atoms with Crippen LogP contribution in [0.5, 0.6) is 0 Å². The number of hydrogen-bond donors (Lipinski definition) is 2. The van der Waals surface area contributed by atoms with E-state index in [-0.39, 0.29) is 30.7 Å². The molecular weight excluding hydrogens is 260 g/mol. The molecule has 1 heterocycles. The number of rotatable bonds is 7. The molecule has 0 aliphatic carbocycles. The van der Waals surface area contributed by atoms with E-state index in [4.69, 9.17) is 4.42 Å². The van der Waals surface area contributed by atoms with Crippen molar-refractivity contribution in [1.82, 2.24) is 10.2 Å². The van der Waals surface area contributed by atoms with Gasteiger partial charge in [-0.1, -0.05) is 13.8 Å². The Kier molecular flexibility index (Phi) is 5.76. The van der Waals surface area contributed by atoms with Gasteiger partial charge in [0.25, 0.3) is 5.91 Å². The van der Waals surface area contributed by atoms with Crippen LogP contribution in [0.1, 0.15) is 37.2 Å². The summed E-state index contributed by atoms with van der Waals surface area (Å²) in [7, 11) is 1.53. The molecule has 2 amide bonds. The summed E-state index contributed by atoms with van der Waals surface area (Å²) in [5.41, 5.74) is -0.619. The Morgan fingerprint density at radius 2 is 2.05 bits per heavy atom. The minimum atomic E-state index is -0.619. The molecule has 0 fully saturated rings. The average molecular weight is 282 g/mol. The SMILES string of the molecule is CCC(CC)(CO)NC(=O)CN(C)C(=O)c1ccco1. The smallest absolute Gasteiger partial charge is 0.289 e. The van der Waals surface area contributed by atoms with E-state index in [1.165, 1.54) is 18.2 Å². The van der Waals surface area contributed by atoms with Gasteiger partial charge in [0, 0.05) is 7.05 Å². The zero-order valence-electron chi connectivity index (χ0n) is 12.2. The van der Waals surface area contributed by atoms with Crippen molar-refractivity contribution >= 4 is 11.8 Å². The Morgan fingerprint density at radius 3 is 2.50 bits per heavy atom. The lowest BCUT2D eigenvalue weighted by Crippen LogP contribution is -2.53. The van der Waals surface area contributed by atoms with Crippen molar-refractivity contribution in [1.29, 1.82) is 0 Å². The predicted molar refractivity (Wildman–Crippen MR) is 74.2 cm³/mol. The van der Waals surface area contributed by atoms with Crippen LogP contribution in [0.25, 0.3) is 0 Å². The molecule has 6 nitrogen and oxygen atoms in total. The number of likely N-dealkylation sites (N-methyl/N-ethyl adjacent to an activating group) is 1. The van der Waals surface area contributed by atoms with E-state index >= 15 is 0 Å². The molecule has 1 aromatic rings. The van der Waals surface area contributed by atoms with Gasteiger partial charge in [0.1, 0.15) is 0 Å². The first-order valence-electron chi connectivity index (χ1n) is 6.69. The quantitative estimate of drug-likeness (QED) is 0.782. The van der Waals surface area contributed by atoms with E-state index in [9.17, 15) is 14.7 Å². The molecule has 1 aromatic heterocycles. The first kappa shape index (κ1) is 16.2. The predicted octanol–water partition coefficient (Wildman–Crippen LogP) is 1.02. The van der Waals surface area contributed by atoms with Gasteiger partial charge in [-0.2, -0.15) is 0 Å². The van der Waals surface area contributed by atoms with Crippen molar-refractivity contribution in [2.45, 2.75) is 32.2 Å². The first-order valence-corrected chi connectivity index (χ1v) is 6.69. The second-order valence-electron chi connectivity index (χ2n) is 4.83. The molecule has 112 valence electrons. The Morgan fingerprint density at radius 1 is 1.40 bits per heavy atom. The van der Waals surface area contributed by atoms with Crippen LogP contribution in [0, 0.1) is 0 Å². The fourth-order valence-corrected chi connectivity index (χ4v) is 1.90. The van der Waals surface area contributed by atoms with Gasteiger partial charge < -0.3 is 19.7 Å². The molecule has 20 heavy (non-hydrogen) atoms. The van der Waals surface area contributed by atoms with E-state index in [0.29, 0.717) is 12.8 Å². The Bertz CT molecular complexity index is 430. The van der Waals surface area contributed by atoms with Gasteiger partial charge in [-0.3, -0.25) is 9.59 Å². The summed E-state index contributed by atoms with van der Waals surface area (Å²) in [6, 6.07) is 3.17. The molecule has 0 atom stereocenters. The number of furan rings is 1. The van der Waals surface area contributed by atoms with Crippen molar-refractivity contribution in [2.24, 2.45) is 0 Å². The molecule has 0 saturated carbocycles. The number of nitrogens with one attached hydrogen (secondary N) is 1. The van der Waals surface area contributed by atoms with Gasteiger partial charge in [-0.05, 0) is 25.0 Å². The van der Waals surface area contributed by atoms with Crippen molar-refractivity contribution < 1.29 is 19.1 Å². The van der Waals surface area contributed by atoms with Gasteiger partial charge in [-0.15, -0.1) is 0 Å². The fourth-order valence-electron chi connectivity index (χ4n) is 1.90. The summed E-state index contributed by atoms with van der Waals surface area (Å²) in [6.45, 7) is 3.60. The molecule has 0 unspecified atom stereocenters. The van der Waals surface area contributed by atoms with Crippen molar-refractivity contribution in [3.8, 4) is 0 Å². The minimum absolute atomic E-state index is 0.0821. The molecule has 6 heteroatoms. The Hall–Kier alpha value is -1.82. The van der Waals surface area contributed by atoms with Crippen molar-refractivity contribution in [3.63, 3.8) is 0 Å². The third-order valence-corrected chi connectivity index (χ3v) is 3.52. The average Bonchev–Trinajstić information content (AvgIpc) is 2.98. The molecule has 0 saturated heterocycles. The maximum absolute atomic E-state index is 12.0. The van der Waals surface area contributed by atoms with E-state index in [2.05, 4.69) is 5.32 Å². The van der Waals surface area contributed by atoms with E-state index in [1.54, 1.807) is 12.1 Å². The maximum Gasteiger partial charge on any atom is 0.289 e. The molecule has 0 aliphatic rings. The number of amides is 2. The zero-order valence-corrected chi connectivity index (χ0v) is 12.2. The van der Waals surface area contributed by atoms with E-state index in [1.807, 2.05) is 13.8 Å². The highest BCUT2D eigenvalue weighted by Gasteiger charge is 2.28. The summed E-state index contributed by atoms with van der Waals surface area (Å²) in [5, 5.41) is 12.2. The number of carbonyl (C=O) groups excluding carboxylic acids is 2. The van der Waals surface area contributed by atoms with E-state index in [0.717, 1.165) is 0 Å². The minimum Gasteiger partial charge on any atom is -0.459 e. The molecule has 0 aromatic carbocycles. The van der Waals surface area contributed by atoms with Crippen LogP contribution in [0.2, 0.25) is 0 Å². The number of nitrogens with zero attached hydrogens (tertiary/aromatic N) is 1. The second-order valence-corrected chi connectivity index (χ2v) is 4.83. The number of aliphatic hydroxyl groups excluding tert-OH is 1. The summed E-state index contributed by atoms with van der Waals surface area (Å²) in [5.74, 6) is -0.461. The molecule has 0 spiro atoms. The molecular formula is C14H22N2O4. The summed E-state index contributed by atoms with van der Waals surface area (Å²) < 4.78 is 5.00. The summed E-state index contributed by atoms with van der Waals surface area (Å²) in [4.78, 5) is 25.2. The lowest BCUT2D eigenvalue weighted by atomic mass is 9.94. The normalized spacial score (nSPS) is 11.2. The highest BCUT2D eigenvalue weighted by molar-refractivity contribution is 5.94. The summed E-state index contributed by atoms with van der Waals surface area (Å²) in [6.07, 6.45) is 2.66. The highest BCUT2D eigenvalue weighted by Crippen LogP contribution is 2.14. The highest BCUT2D eigenvalue weighted by atomic mass is 16.3. The molecule has 1 rings (SSSR count). The monoisotopic (exact) mass is 282 g/mol. The van der Waals surface area contributed by atoms with Crippen LogP contribution in [0.4, 0.5) is 0 Å². The van der Waals surface area contributed by atoms with Gasteiger partial charge in [-0.25, -0.2) is 0 Å². The Labute approximate surface area is 118 Å². The summed E-state index contributed by atoms with van der Waals surface area (Å²) >= 11 is 0. The van der Waals surface area contributed by atoms with Gasteiger partial charge in [0.15, 0.2) is 5.76 Å². The van der Waals surface area contributed by atoms with Crippen LogP contribution in [0.3, 0.4) is 0 Å². The Balaban J connectivity index is 2.60. The van der Waals surface area contributed by atoms with Gasteiger partial charge in [0.2, 0.25) is 5.91 Å². The van der Waals surface area contributed by atoms with Crippen molar-refractivity contribution in [2.75, 3.05) is 20.2 Å². The number of hydrogen-bond acceptors (Lipinski definition) is 4. The lowest BCUT2D eigenvalue weighted by molar-refractivity contribution is -0.124. The molecule has 0 radical (unpaired) electrons. The standard InChI is InChI=1S/C14H22N2O4/c1-4-14(5-2,10-17)15-12(18)9-16(3)13(19)11-7-6-8-20-11/h6-8,17H,4-5,9-10H2,1-3H3,(H,15,18). The van der Waals surface area contributed by atoms with Gasteiger partial charge >= 0.3 is 0 Å². The van der Waals surface area contributed by atoms with E-state index < -0.39 is 5.54 Å². The topological polar surface area (TPSA) is 82.8 Å². The van der Waals surface area contributed by atoms with Crippen LogP contribution in [-0.4, -0.2) is 47.6 Å². The number of aliphatic hydroxyl groups is 1. The van der Waals surface area contributed by atoms with Crippen LogP contribution < -0.4 is 5.32 Å². The number of carbonyl (C=O) groups is 2.